The number of halogens is 1. The van der Waals surface area contributed by atoms with Crippen molar-refractivity contribution in [3.05, 3.63) is 64.8 Å². The minimum Gasteiger partial charge on any atom is -0.466 e. The highest BCUT2D eigenvalue weighted by Gasteiger charge is 2.27. The number of carbonyl (C=O) groups is 2. The summed E-state index contributed by atoms with van der Waals surface area (Å²) in [7, 11) is 5.34. The molecular weight excluding hydrogens is 556 g/mol. The predicted molar refractivity (Wildman–Crippen MR) is 164 cm³/mol. The summed E-state index contributed by atoms with van der Waals surface area (Å²) in [5.74, 6) is -0.150. The maximum atomic E-state index is 12.1. The molecule has 3 heterocycles. The third-order valence-corrected chi connectivity index (χ3v) is 8.27. The fraction of sp³-hybridized carbons (Fsp3) is 0.419. The van der Waals surface area contributed by atoms with Crippen LogP contribution in [0.1, 0.15) is 24.1 Å². The molecular formula is C31H37ClN6O4. The maximum absolute atomic E-state index is 12.1. The van der Waals surface area contributed by atoms with Gasteiger partial charge in [-0.15, -0.1) is 0 Å². The number of aromatic nitrogens is 2. The third kappa shape index (κ3) is 6.77. The van der Waals surface area contributed by atoms with E-state index in [0.717, 1.165) is 77.0 Å². The first kappa shape index (κ1) is 29.6. The van der Waals surface area contributed by atoms with E-state index in [-0.39, 0.29) is 5.91 Å². The normalized spacial score (nSPS) is 17.0. The fourth-order valence-corrected chi connectivity index (χ4v) is 5.88. The molecule has 1 N–H and O–H groups in total. The van der Waals surface area contributed by atoms with Gasteiger partial charge in [0.15, 0.2) is 0 Å². The highest BCUT2D eigenvalue weighted by Crippen LogP contribution is 2.36. The Hall–Kier alpha value is -3.89. The van der Waals surface area contributed by atoms with Crippen molar-refractivity contribution in [1.29, 1.82) is 0 Å². The number of amides is 1. The van der Waals surface area contributed by atoms with E-state index in [1.165, 1.54) is 13.2 Å². The second-order valence-electron chi connectivity index (χ2n) is 10.7. The number of methoxy groups -OCH3 is 1. The van der Waals surface area contributed by atoms with Crippen molar-refractivity contribution in [2.45, 2.75) is 31.8 Å². The fourth-order valence-electron chi connectivity index (χ4n) is 5.60. The van der Waals surface area contributed by atoms with Crippen molar-refractivity contribution < 1.29 is 19.1 Å². The van der Waals surface area contributed by atoms with Crippen molar-refractivity contribution in [3.63, 3.8) is 0 Å². The molecule has 1 amide bonds. The molecule has 11 heteroatoms. The van der Waals surface area contributed by atoms with Gasteiger partial charge in [-0.05, 0) is 50.4 Å². The van der Waals surface area contributed by atoms with E-state index in [4.69, 9.17) is 26.3 Å². The predicted octanol–water partition coefficient (Wildman–Crippen LogP) is 3.60. The van der Waals surface area contributed by atoms with Gasteiger partial charge in [0.1, 0.15) is 12.4 Å². The number of ether oxygens (including phenoxy) is 2. The summed E-state index contributed by atoms with van der Waals surface area (Å²) >= 11 is 6.66. The van der Waals surface area contributed by atoms with Crippen molar-refractivity contribution in [2.75, 3.05) is 63.8 Å². The average molecular weight is 593 g/mol. The second-order valence-corrected chi connectivity index (χ2v) is 11.1. The second kappa shape index (κ2) is 13.4. The largest absolute Gasteiger partial charge is 0.466 e. The zero-order chi connectivity index (χ0) is 29.6. The van der Waals surface area contributed by atoms with Gasteiger partial charge in [-0.1, -0.05) is 35.9 Å². The zero-order valence-corrected chi connectivity index (χ0v) is 25.1. The summed E-state index contributed by atoms with van der Waals surface area (Å²) in [4.78, 5) is 39.8. The molecule has 1 atom stereocenters. The molecule has 222 valence electrons. The standard InChI is InChI=1S/C31H37ClN6O4/c1-36-16-6-9-22(36)20-42-31-34-25-19-38(26-11-5-8-21-7-4-10-24(32)29(21)26)17-14-23(25)30(35-31)37(2)18-15-33-27(39)12-13-28(40)41-3/h4-5,7-8,10-13,22H,6,9,14-20H2,1-3H3,(H,33,39)/b13-12+/t22-/m0/s1. The number of carbonyl (C=O) groups excluding carboxylic acids is 2. The van der Waals surface area contributed by atoms with Gasteiger partial charge >= 0.3 is 12.0 Å². The van der Waals surface area contributed by atoms with Crippen molar-refractivity contribution in [2.24, 2.45) is 0 Å². The van der Waals surface area contributed by atoms with Crippen LogP contribution in [0, 0.1) is 0 Å². The Labute approximate surface area is 251 Å². The molecule has 1 fully saturated rings. The van der Waals surface area contributed by atoms with Gasteiger partial charge in [0.25, 0.3) is 0 Å². The molecule has 0 unspecified atom stereocenters. The molecule has 2 aliphatic rings. The number of benzene rings is 2. The van der Waals surface area contributed by atoms with E-state index in [0.29, 0.717) is 38.3 Å². The number of hydrogen-bond acceptors (Lipinski definition) is 9. The van der Waals surface area contributed by atoms with Crippen LogP contribution in [0.15, 0.2) is 48.6 Å². The van der Waals surface area contributed by atoms with E-state index >= 15 is 0 Å². The number of nitrogens with zero attached hydrogens (tertiary/aromatic N) is 5. The van der Waals surface area contributed by atoms with E-state index in [9.17, 15) is 9.59 Å². The summed E-state index contributed by atoms with van der Waals surface area (Å²) in [6, 6.07) is 12.9. The lowest BCUT2D eigenvalue weighted by atomic mass is 10.0. The van der Waals surface area contributed by atoms with Crippen LogP contribution in [-0.2, 0) is 27.3 Å². The van der Waals surface area contributed by atoms with Crippen molar-refractivity contribution in [1.82, 2.24) is 20.2 Å². The Bertz CT molecular complexity index is 1480. The number of fused-ring (bicyclic) bond motifs is 2. The summed E-state index contributed by atoms with van der Waals surface area (Å²) in [5.41, 5.74) is 3.07. The van der Waals surface area contributed by atoms with E-state index in [1.54, 1.807) is 0 Å². The number of esters is 1. The molecule has 3 aromatic rings. The number of likely N-dealkylation sites (tertiary alicyclic amines) is 1. The van der Waals surface area contributed by atoms with Crippen LogP contribution in [0.3, 0.4) is 0 Å². The zero-order valence-electron chi connectivity index (χ0n) is 24.3. The van der Waals surface area contributed by atoms with Crippen LogP contribution >= 0.6 is 11.6 Å². The van der Waals surface area contributed by atoms with E-state index in [1.807, 2.05) is 24.1 Å². The summed E-state index contributed by atoms with van der Waals surface area (Å²) in [5, 5.41) is 5.66. The number of anilines is 2. The molecule has 10 nitrogen and oxygen atoms in total. The molecule has 0 spiro atoms. The highest BCUT2D eigenvalue weighted by molar-refractivity contribution is 6.36. The minimum absolute atomic E-state index is 0.341. The average Bonchev–Trinajstić information content (AvgIpc) is 3.42. The number of nitrogens with one attached hydrogen (secondary N) is 1. The molecule has 42 heavy (non-hydrogen) atoms. The quantitative estimate of drug-likeness (QED) is 0.280. The first-order valence-electron chi connectivity index (χ1n) is 14.2. The number of rotatable bonds is 10. The lowest BCUT2D eigenvalue weighted by Gasteiger charge is -2.33. The first-order chi connectivity index (χ1) is 20.3. The van der Waals surface area contributed by atoms with E-state index in [2.05, 4.69) is 51.2 Å². The molecule has 0 radical (unpaired) electrons. The van der Waals surface area contributed by atoms with Gasteiger partial charge in [0, 0.05) is 61.5 Å². The molecule has 1 saturated heterocycles. The van der Waals surface area contributed by atoms with Crippen molar-refractivity contribution in [3.8, 4) is 6.01 Å². The van der Waals surface area contributed by atoms with Gasteiger partial charge < -0.3 is 29.5 Å². The van der Waals surface area contributed by atoms with Gasteiger partial charge in [-0.3, -0.25) is 4.79 Å². The lowest BCUT2D eigenvalue weighted by molar-refractivity contribution is -0.135. The van der Waals surface area contributed by atoms with Crippen LogP contribution in [0.2, 0.25) is 5.02 Å². The van der Waals surface area contributed by atoms with Crippen molar-refractivity contribution >= 4 is 45.8 Å². The molecule has 1 aromatic heterocycles. The monoisotopic (exact) mass is 592 g/mol. The molecule has 2 aliphatic heterocycles. The lowest BCUT2D eigenvalue weighted by Crippen LogP contribution is -2.36. The molecule has 5 rings (SSSR count). The molecule has 0 aliphatic carbocycles. The molecule has 2 aromatic carbocycles. The van der Waals surface area contributed by atoms with Crippen LogP contribution in [0.25, 0.3) is 10.8 Å². The Balaban J connectivity index is 1.37. The van der Waals surface area contributed by atoms with Gasteiger partial charge in [0.2, 0.25) is 5.91 Å². The van der Waals surface area contributed by atoms with Crippen LogP contribution < -0.4 is 19.9 Å². The van der Waals surface area contributed by atoms with Crippen LogP contribution in [0.5, 0.6) is 6.01 Å². The SMILES string of the molecule is COC(=O)/C=C/C(=O)NCCN(C)c1nc(OC[C@@H]2CCCN2C)nc2c1CCN(c1cccc3cccc(Cl)c13)C2. The Morgan fingerprint density at radius 2 is 1.98 bits per heavy atom. The summed E-state index contributed by atoms with van der Waals surface area (Å²) in [6.07, 6.45) is 5.26. The third-order valence-electron chi connectivity index (χ3n) is 7.95. The van der Waals surface area contributed by atoms with Crippen LogP contribution in [0.4, 0.5) is 11.5 Å². The summed E-state index contributed by atoms with van der Waals surface area (Å²) in [6.45, 7) is 3.85. The van der Waals surface area contributed by atoms with Gasteiger partial charge in [-0.2, -0.15) is 9.97 Å². The van der Waals surface area contributed by atoms with Crippen LogP contribution in [-0.4, -0.2) is 86.8 Å². The Morgan fingerprint density at radius 3 is 2.74 bits per heavy atom. The number of hydrogen-bond donors (Lipinski definition) is 1. The Kier molecular flexibility index (Phi) is 9.44. The Morgan fingerprint density at radius 1 is 1.17 bits per heavy atom. The minimum atomic E-state index is -0.578. The first-order valence-corrected chi connectivity index (χ1v) is 14.6. The maximum Gasteiger partial charge on any atom is 0.330 e. The smallest absolute Gasteiger partial charge is 0.330 e. The van der Waals surface area contributed by atoms with Gasteiger partial charge in [-0.25, -0.2) is 4.79 Å². The topological polar surface area (TPSA) is 100 Å². The molecule has 0 bridgehead atoms. The van der Waals surface area contributed by atoms with Gasteiger partial charge in [0.05, 0.1) is 24.4 Å². The number of likely N-dealkylation sites (N-methyl/N-ethyl adjacent to an activating group) is 2. The summed E-state index contributed by atoms with van der Waals surface area (Å²) < 4.78 is 10.7. The van der Waals surface area contributed by atoms with E-state index < -0.39 is 5.97 Å². The highest BCUT2D eigenvalue weighted by atomic mass is 35.5. The molecule has 0 saturated carbocycles.